The zero-order valence-corrected chi connectivity index (χ0v) is 14.0. The highest BCUT2D eigenvalue weighted by molar-refractivity contribution is 5.28. The van der Waals surface area contributed by atoms with Crippen LogP contribution in [0.5, 0.6) is 5.75 Å². The zero-order valence-electron chi connectivity index (χ0n) is 14.0. The number of benzene rings is 2. The second-order valence-electron chi connectivity index (χ2n) is 6.92. The van der Waals surface area contributed by atoms with E-state index in [0.717, 1.165) is 25.3 Å². The van der Waals surface area contributed by atoms with Gasteiger partial charge in [0.05, 0.1) is 24.9 Å². The Balaban J connectivity index is 1.37. The first-order chi connectivity index (χ1) is 12.2. The third kappa shape index (κ3) is 3.27. The summed E-state index contributed by atoms with van der Waals surface area (Å²) in [6.45, 7) is 2.61. The van der Waals surface area contributed by atoms with Crippen molar-refractivity contribution in [1.82, 2.24) is 4.90 Å². The van der Waals surface area contributed by atoms with E-state index in [1.807, 2.05) is 24.3 Å². The van der Waals surface area contributed by atoms with Gasteiger partial charge in [0.2, 0.25) is 0 Å². The lowest BCUT2D eigenvalue weighted by molar-refractivity contribution is -0.0355. The van der Waals surface area contributed by atoms with Crippen LogP contribution in [0.2, 0.25) is 0 Å². The summed E-state index contributed by atoms with van der Waals surface area (Å²) in [5, 5.41) is 9.76. The summed E-state index contributed by atoms with van der Waals surface area (Å²) in [6.07, 6.45) is 1.16. The Morgan fingerprint density at radius 3 is 2.72 bits per heavy atom. The van der Waals surface area contributed by atoms with Crippen LogP contribution < -0.4 is 4.74 Å². The number of ether oxygens (including phenoxy) is 2. The summed E-state index contributed by atoms with van der Waals surface area (Å²) in [7, 11) is 0. The zero-order chi connectivity index (χ0) is 17.3. The Hall–Kier alpha value is -1.95. The largest absolute Gasteiger partial charge is 0.489 e. The molecule has 132 valence electrons. The Morgan fingerprint density at radius 1 is 1.20 bits per heavy atom. The van der Waals surface area contributed by atoms with Crippen LogP contribution in [0.4, 0.5) is 4.39 Å². The van der Waals surface area contributed by atoms with Crippen molar-refractivity contribution in [3.05, 3.63) is 65.5 Å². The van der Waals surface area contributed by atoms with Crippen LogP contribution in [0.15, 0.2) is 48.5 Å². The Labute approximate surface area is 146 Å². The van der Waals surface area contributed by atoms with Crippen LogP contribution in [-0.4, -0.2) is 41.4 Å². The number of hydrogen-bond acceptors (Lipinski definition) is 4. The van der Waals surface area contributed by atoms with Gasteiger partial charge in [-0.05, 0) is 30.2 Å². The van der Waals surface area contributed by atoms with E-state index in [9.17, 15) is 9.50 Å². The Kier molecular flexibility index (Phi) is 4.46. The minimum Gasteiger partial charge on any atom is -0.489 e. The summed E-state index contributed by atoms with van der Waals surface area (Å²) in [5.74, 6) is 0.467. The summed E-state index contributed by atoms with van der Waals surface area (Å²) in [4.78, 5) is 2.32. The van der Waals surface area contributed by atoms with E-state index in [0.29, 0.717) is 12.2 Å². The number of fused-ring (bicyclic) bond motifs is 2. The predicted octanol–water partition coefficient (Wildman–Crippen LogP) is 2.74. The Bertz CT molecular complexity index is 736. The van der Waals surface area contributed by atoms with Crippen LogP contribution in [0, 0.1) is 5.82 Å². The molecule has 2 bridgehead atoms. The van der Waals surface area contributed by atoms with Crippen LogP contribution >= 0.6 is 0 Å². The van der Waals surface area contributed by atoms with Crippen molar-refractivity contribution in [3.63, 3.8) is 0 Å². The molecule has 2 atom stereocenters. The van der Waals surface area contributed by atoms with Gasteiger partial charge in [-0.15, -0.1) is 0 Å². The number of nitrogens with zero attached hydrogens (tertiary/aromatic N) is 1. The second-order valence-corrected chi connectivity index (χ2v) is 6.92. The lowest BCUT2D eigenvalue weighted by Crippen LogP contribution is -2.50. The molecule has 25 heavy (non-hydrogen) atoms. The predicted molar refractivity (Wildman–Crippen MR) is 91.8 cm³/mol. The van der Waals surface area contributed by atoms with Crippen molar-refractivity contribution < 1.29 is 19.0 Å². The third-order valence-corrected chi connectivity index (χ3v) is 5.23. The normalized spacial score (nSPS) is 25.4. The molecular formula is C20H22FNO3. The van der Waals surface area contributed by atoms with Gasteiger partial charge in [0.1, 0.15) is 18.2 Å². The number of likely N-dealkylation sites (tertiary alicyclic amines) is 1. The molecular weight excluding hydrogens is 321 g/mol. The van der Waals surface area contributed by atoms with Crippen LogP contribution in [0.3, 0.4) is 0 Å². The maximum absolute atomic E-state index is 13.6. The minimum absolute atomic E-state index is 0.132. The van der Waals surface area contributed by atoms with Gasteiger partial charge in [-0.2, -0.15) is 0 Å². The molecule has 0 spiro atoms. The van der Waals surface area contributed by atoms with Crippen LogP contribution in [-0.2, 0) is 17.9 Å². The lowest BCUT2D eigenvalue weighted by atomic mass is 9.99. The van der Waals surface area contributed by atoms with E-state index in [-0.39, 0.29) is 30.7 Å². The second kappa shape index (κ2) is 6.75. The van der Waals surface area contributed by atoms with Crippen molar-refractivity contribution in [2.45, 2.75) is 31.2 Å². The first-order valence-electron chi connectivity index (χ1n) is 8.61. The van der Waals surface area contributed by atoms with E-state index in [2.05, 4.69) is 4.90 Å². The van der Waals surface area contributed by atoms with E-state index in [1.165, 1.54) is 11.6 Å². The maximum Gasteiger partial charge on any atom is 0.129 e. The van der Waals surface area contributed by atoms with Gasteiger partial charge in [0.25, 0.3) is 0 Å². The Morgan fingerprint density at radius 2 is 2.00 bits per heavy atom. The molecule has 0 aromatic heterocycles. The fourth-order valence-corrected chi connectivity index (χ4v) is 3.72. The van der Waals surface area contributed by atoms with Crippen molar-refractivity contribution in [2.75, 3.05) is 19.8 Å². The average Bonchev–Trinajstić information content (AvgIpc) is 3.21. The van der Waals surface area contributed by atoms with Crippen molar-refractivity contribution in [1.29, 1.82) is 0 Å². The number of aliphatic hydroxyl groups excluding tert-OH is 1. The number of hydrogen-bond donors (Lipinski definition) is 1. The third-order valence-electron chi connectivity index (χ3n) is 5.23. The fraction of sp³-hybridized carbons (Fsp3) is 0.400. The van der Waals surface area contributed by atoms with E-state index in [4.69, 9.17) is 9.47 Å². The van der Waals surface area contributed by atoms with Crippen molar-refractivity contribution in [2.24, 2.45) is 0 Å². The highest BCUT2D eigenvalue weighted by atomic mass is 19.1. The number of morpholine rings is 1. The van der Waals surface area contributed by atoms with Gasteiger partial charge < -0.3 is 14.6 Å². The molecule has 1 N–H and O–H groups in total. The molecule has 4 nitrogen and oxygen atoms in total. The molecule has 2 aliphatic rings. The molecule has 0 saturated carbocycles. The van der Waals surface area contributed by atoms with Gasteiger partial charge in [-0.25, -0.2) is 4.39 Å². The highest BCUT2D eigenvalue weighted by Crippen LogP contribution is 2.38. The SMILES string of the molecule is OCC12COC(CN1Cc1ccc(OCc3ccccc3F)cc1)C2. The van der Waals surface area contributed by atoms with Gasteiger partial charge in [-0.3, -0.25) is 4.90 Å². The molecule has 2 heterocycles. The minimum atomic E-state index is -0.250. The van der Waals surface area contributed by atoms with Gasteiger partial charge >= 0.3 is 0 Å². The molecule has 0 radical (unpaired) electrons. The van der Waals surface area contributed by atoms with Crippen LogP contribution in [0.1, 0.15) is 17.5 Å². The quantitative estimate of drug-likeness (QED) is 0.876. The van der Waals surface area contributed by atoms with Gasteiger partial charge in [0, 0.05) is 18.7 Å². The van der Waals surface area contributed by atoms with Gasteiger partial charge in [0.15, 0.2) is 0 Å². The molecule has 2 aliphatic heterocycles. The topological polar surface area (TPSA) is 41.9 Å². The lowest BCUT2D eigenvalue weighted by Gasteiger charge is -2.36. The van der Waals surface area contributed by atoms with E-state index < -0.39 is 0 Å². The molecule has 0 aliphatic carbocycles. The van der Waals surface area contributed by atoms with Gasteiger partial charge in [-0.1, -0.05) is 30.3 Å². The smallest absolute Gasteiger partial charge is 0.129 e. The summed E-state index contributed by atoms with van der Waals surface area (Å²) < 4.78 is 25.0. The van der Waals surface area contributed by atoms with E-state index in [1.54, 1.807) is 18.2 Å². The number of rotatable bonds is 6. The standard InChI is InChI=1S/C20H22FNO3/c21-19-4-2-1-3-16(19)12-24-17-7-5-15(6-8-17)10-22-11-18-9-20(22,13-23)14-25-18/h1-8,18,23H,9-14H2. The first kappa shape index (κ1) is 16.5. The summed E-state index contributed by atoms with van der Waals surface area (Å²) in [5.41, 5.74) is 1.49. The van der Waals surface area contributed by atoms with Crippen LogP contribution in [0.25, 0.3) is 0 Å². The molecule has 2 unspecified atom stereocenters. The molecule has 4 rings (SSSR count). The average molecular weight is 343 g/mol. The molecule has 2 saturated heterocycles. The first-order valence-corrected chi connectivity index (χ1v) is 8.61. The molecule has 5 heteroatoms. The highest BCUT2D eigenvalue weighted by Gasteiger charge is 2.51. The molecule has 2 aromatic carbocycles. The molecule has 0 amide bonds. The number of aliphatic hydroxyl groups is 1. The van der Waals surface area contributed by atoms with Crippen molar-refractivity contribution in [3.8, 4) is 5.75 Å². The molecule has 2 fully saturated rings. The van der Waals surface area contributed by atoms with Crippen molar-refractivity contribution >= 4 is 0 Å². The monoisotopic (exact) mass is 343 g/mol. The summed E-state index contributed by atoms with van der Waals surface area (Å²) >= 11 is 0. The van der Waals surface area contributed by atoms with E-state index >= 15 is 0 Å². The fourth-order valence-electron chi connectivity index (χ4n) is 3.72. The number of halogens is 1. The maximum atomic E-state index is 13.6. The molecule has 2 aromatic rings. The summed E-state index contributed by atoms with van der Waals surface area (Å²) in [6, 6.07) is 14.5.